The van der Waals surface area contributed by atoms with E-state index in [1.807, 2.05) is 0 Å². The molecule has 1 aliphatic rings. The highest BCUT2D eigenvalue weighted by Gasteiger charge is 2.42. The Labute approximate surface area is 104 Å². The van der Waals surface area contributed by atoms with Gasteiger partial charge in [0, 0.05) is 6.04 Å². The zero-order valence-corrected chi connectivity index (χ0v) is 11.3. The van der Waals surface area contributed by atoms with Crippen LogP contribution < -0.4 is 5.32 Å². The lowest BCUT2D eigenvalue weighted by atomic mass is 9.78. The van der Waals surface area contributed by atoms with E-state index in [2.05, 4.69) is 24.1 Å². The lowest BCUT2D eigenvalue weighted by Crippen LogP contribution is -2.57. The van der Waals surface area contributed by atoms with Crippen molar-refractivity contribution in [3.05, 3.63) is 0 Å². The molecule has 2 N–H and O–H groups in total. The maximum atomic E-state index is 11.4. The van der Waals surface area contributed by atoms with Crippen LogP contribution in [0, 0.1) is 0 Å². The van der Waals surface area contributed by atoms with Crippen molar-refractivity contribution in [3.8, 4) is 0 Å². The fraction of sp³-hybridized carbons (Fsp3) is 0.923. The molecule has 4 nitrogen and oxygen atoms in total. The van der Waals surface area contributed by atoms with E-state index in [-0.39, 0.29) is 0 Å². The summed E-state index contributed by atoms with van der Waals surface area (Å²) in [6, 6.07) is 0.414. The molecular formula is C13H26N2O2. The average Bonchev–Trinajstić information content (AvgIpc) is 2.35. The highest BCUT2D eigenvalue weighted by molar-refractivity contribution is 5.79. The molecule has 2 unspecified atom stereocenters. The van der Waals surface area contributed by atoms with E-state index < -0.39 is 11.5 Å². The summed E-state index contributed by atoms with van der Waals surface area (Å²) in [6.45, 7) is 6.42. The van der Waals surface area contributed by atoms with Gasteiger partial charge in [-0.25, -0.2) is 0 Å². The van der Waals surface area contributed by atoms with Crippen LogP contribution in [0.1, 0.15) is 46.0 Å². The summed E-state index contributed by atoms with van der Waals surface area (Å²) >= 11 is 0. The minimum atomic E-state index is -0.704. The molecule has 0 aromatic heterocycles. The number of carboxylic acid groups (broad SMARTS) is 1. The molecule has 1 rings (SSSR count). The van der Waals surface area contributed by atoms with Crippen molar-refractivity contribution < 1.29 is 9.90 Å². The molecule has 1 fully saturated rings. The zero-order valence-electron chi connectivity index (χ0n) is 11.3. The van der Waals surface area contributed by atoms with E-state index in [0.29, 0.717) is 6.04 Å². The van der Waals surface area contributed by atoms with Gasteiger partial charge in [-0.3, -0.25) is 4.79 Å². The molecule has 0 saturated heterocycles. The molecule has 4 heteroatoms. The summed E-state index contributed by atoms with van der Waals surface area (Å²) in [5.74, 6) is -0.697. The quantitative estimate of drug-likeness (QED) is 0.744. The molecule has 100 valence electrons. The predicted octanol–water partition coefficient (Wildman–Crippen LogP) is 1.70. The minimum Gasteiger partial charge on any atom is -0.480 e. The van der Waals surface area contributed by atoms with Crippen LogP contribution in [0.2, 0.25) is 0 Å². The summed E-state index contributed by atoms with van der Waals surface area (Å²) < 4.78 is 0. The largest absolute Gasteiger partial charge is 0.480 e. The van der Waals surface area contributed by atoms with Crippen molar-refractivity contribution in [1.29, 1.82) is 0 Å². The summed E-state index contributed by atoms with van der Waals surface area (Å²) in [7, 11) is 1.77. The maximum Gasteiger partial charge on any atom is 0.323 e. The van der Waals surface area contributed by atoms with Crippen molar-refractivity contribution in [2.75, 3.05) is 20.1 Å². The number of hydrogen-bond donors (Lipinski definition) is 2. The molecule has 17 heavy (non-hydrogen) atoms. The first-order chi connectivity index (χ1) is 8.09. The van der Waals surface area contributed by atoms with Gasteiger partial charge in [-0.05, 0) is 52.2 Å². The van der Waals surface area contributed by atoms with Crippen LogP contribution in [0.25, 0.3) is 0 Å². The number of carbonyl (C=O) groups is 1. The van der Waals surface area contributed by atoms with Crippen molar-refractivity contribution in [3.63, 3.8) is 0 Å². The fourth-order valence-electron chi connectivity index (χ4n) is 2.97. The summed E-state index contributed by atoms with van der Waals surface area (Å²) in [6.07, 6.45) is 4.73. The summed E-state index contributed by atoms with van der Waals surface area (Å²) in [4.78, 5) is 13.9. The number of nitrogens with one attached hydrogen (secondary N) is 1. The third-order valence-corrected chi connectivity index (χ3v) is 4.05. The average molecular weight is 242 g/mol. The molecule has 0 aromatic carbocycles. The van der Waals surface area contributed by atoms with Gasteiger partial charge in [0.25, 0.3) is 0 Å². The maximum absolute atomic E-state index is 11.4. The van der Waals surface area contributed by atoms with E-state index in [1.165, 1.54) is 0 Å². The first-order valence-electron chi connectivity index (χ1n) is 6.76. The van der Waals surface area contributed by atoms with E-state index in [4.69, 9.17) is 0 Å². The van der Waals surface area contributed by atoms with Crippen LogP contribution in [-0.2, 0) is 4.79 Å². The second-order valence-electron chi connectivity index (χ2n) is 5.02. The molecule has 1 aliphatic carbocycles. The summed E-state index contributed by atoms with van der Waals surface area (Å²) in [5.41, 5.74) is -0.704. The van der Waals surface area contributed by atoms with E-state index in [0.717, 1.165) is 45.2 Å². The number of likely N-dealkylation sites (N-methyl/N-ethyl adjacent to an activating group) is 1. The van der Waals surface area contributed by atoms with Gasteiger partial charge in [0.2, 0.25) is 0 Å². The van der Waals surface area contributed by atoms with Crippen molar-refractivity contribution in [2.24, 2.45) is 0 Å². The third-order valence-electron chi connectivity index (χ3n) is 4.05. The number of aliphatic carboxylic acids is 1. The Balaban J connectivity index is 2.73. The fourth-order valence-corrected chi connectivity index (χ4v) is 2.97. The third kappa shape index (κ3) is 3.19. The van der Waals surface area contributed by atoms with Crippen LogP contribution in [0.3, 0.4) is 0 Å². The lowest BCUT2D eigenvalue weighted by molar-refractivity contribution is -0.147. The van der Waals surface area contributed by atoms with Crippen molar-refractivity contribution >= 4 is 5.97 Å². The topological polar surface area (TPSA) is 52.6 Å². The summed E-state index contributed by atoms with van der Waals surface area (Å²) in [5, 5.41) is 12.5. The van der Waals surface area contributed by atoms with Gasteiger partial charge in [0.15, 0.2) is 0 Å². The molecule has 0 heterocycles. The van der Waals surface area contributed by atoms with E-state index >= 15 is 0 Å². The Morgan fingerprint density at radius 3 is 2.71 bits per heavy atom. The van der Waals surface area contributed by atoms with Gasteiger partial charge in [0.1, 0.15) is 5.54 Å². The first kappa shape index (κ1) is 14.5. The monoisotopic (exact) mass is 242 g/mol. The van der Waals surface area contributed by atoms with E-state index in [9.17, 15) is 9.90 Å². The number of nitrogens with zero attached hydrogens (tertiary/aromatic N) is 1. The SMILES string of the molecule is CCCN(CC)C1CCCC(NC)(C(=O)O)C1. The van der Waals surface area contributed by atoms with Crippen LogP contribution in [-0.4, -0.2) is 47.7 Å². The second kappa shape index (κ2) is 6.36. The second-order valence-corrected chi connectivity index (χ2v) is 5.02. The molecule has 0 aliphatic heterocycles. The number of carboxylic acids is 1. The Kier molecular flexibility index (Phi) is 5.40. The Morgan fingerprint density at radius 2 is 2.24 bits per heavy atom. The Bertz CT molecular complexity index is 258. The lowest BCUT2D eigenvalue weighted by Gasteiger charge is -2.42. The molecule has 0 bridgehead atoms. The van der Waals surface area contributed by atoms with Gasteiger partial charge in [-0.1, -0.05) is 13.8 Å². The zero-order chi connectivity index (χ0) is 12.9. The molecule has 0 spiro atoms. The highest BCUT2D eigenvalue weighted by atomic mass is 16.4. The normalized spacial score (nSPS) is 29.5. The standard InChI is InChI=1S/C13H26N2O2/c1-4-9-15(5-2)11-7-6-8-13(10-11,14-3)12(16)17/h11,14H,4-10H2,1-3H3,(H,16,17). The molecule has 0 amide bonds. The molecule has 2 atom stereocenters. The number of hydrogen-bond acceptors (Lipinski definition) is 3. The Hall–Kier alpha value is -0.610. The molecule has 0 radical (unpaired) electrons. The molecule has 0 aromatic rings. The van der Waals surface area contributed by atoms with Crippen LogP contribution >= 0.6 is 0 Å². The van der Waals surface area contributed by atoms with Crippen molar-refractivity contribution in [2.45, 2.75) is 57.5 Å². The van der Waals surface area contributed by atoms with Gasteiger partial charge < -0.3 is 15.3 Å². The van der Waals surface area contributed by atoms with Crippen molar-refractivity contribution in [1.82, 2.24) is 10.2 Å². The first-order valence-corrected chi connectivity index (χ1v) is 6.76. The molecular weight excluding hydrogens is 216 g/mol. The Morgan fingerprint density at radius 1 is 1.53 bits per heavy atom. The predicted molar refractivity (Wildman–Crippen MR) is 69.2 cm³/mol. The van der Waals surface area contributed by atoms with Crippen LogP contribution in [0.4, 0.5) is 0 Å². The molecule has 1 saturated carbocycles. The highest BCUT2D eigenvalue weighted by Crippen LogP contribution is 2.31. The van der Waals surface area contributed by atoms with Crippen LogP contribution in [0.15, 0.2) is 0 Å². The number of rotatable bonds is 6. The van der Waals surface area contributed by atoms with Gasteiger partial charge in [-0.15, -0.1) is 0 Å². The smallest absolute Gasteiger partial charge is 0.323 e. The van der Waals surface area contributed by atoms with E-state index in [1.54, 1.807) is 7.05 Å². The van der Waals surface area contributed by atoms with Gasteiger partial charge >= 0.3 is 5.97 Å². The van der Waals surface area contributed by atoms with Crippen LogP contribution in [0.5, 0.6) is 0 Å². The minimum absolute atomic E-state index is 0.414. The van der Waals surface area contributed by atoms with Gasteiger partial charge in [-0.2, -0.15) is 0 Å². The van der Waals surface area contributed by atoms with Gasteiger partial charge in [0.05, 0.1) is 0 Å².